The molecule has 0 aromatic heterocycles. The molecule has 7 heteroatoms. The molecule has 0 spiro atoms. The minimum Gasteiger partial charge on any atom is -0.338 e. The van der Waals surface area contributed by atoms with E-state index in [0.717, 1.165) is 17.7 Å². The number of benzene rings is 1. The van der Waals surface area contributed by atoms with Crippen LogP contribution in [-0.4, -0.2) is 30.1 Å². The topological polar surface area (TPSA) is 20.3 Å². The number of alkyl halides is 3. The van der Waals surface area contributed by atoms with Gasteiger partial charge in [-0.25, -0.2) is 4.39 Å². The number of amides is 1. The lowest BCUT2D eigenvalue weighted by Crippen LogP contribution is -2.36. The van der Waals surface area contributed by atoms with Crippen molar-refractivity contribution >= 4 is 21.8 Å². The van der Waals surface area contributed by atoms with E-state index in [0.29, 0.717) is 0 Å². The smallest absolute Gasteiger partial charge is 0.338 e. The number of halogens is 5. The second-order valence-corrected chi connectivity index (χ2v) is 6.02. The molecule has 1 saturated carbocycles. The highest BCUT2D eigenvalue weighted by Gasteiger charge is 2.33. The zero-order valence-electron chi connectivity index (χ0n) is 11.1. The van der Waals surface area contributed by atoms with Crippen LogP contribution in [0, 0.1) is 11.7 Å². The largest absolute Gasteiger partial charge is 0.390 e. The zero-order valence-corrected chi connectivity index (χ0v) is 12.7. The second-order valence-electron chi connectivity index (χ2n) is 5.16. The summed E-state index contributed by atoms with van der Waals surface area (Å²) in [5.74, 6) is -1.20. The lowest BCUT2D eigenvalue weighted by Gasteiger charge is -2.23. The third kappa shape index (κ3) is 4.69. The Morgan fingerprint density at radius 1 is 1.33 bits per heavy atom. The summed E-state index contributed by atoms with van der Waals surface area (Å²) < 4.78 is 51.1. The molecule has 116 valence electrons. The summed E-state index contributed by atoms with van der Waals surface area (Å²) in [5, 5.41) is 0. The SMILES string of the molecule is O=C(c1cccc(Br)c1F)N(CCC(F)(F)F)CC1CC1. The molecule has 0 saturated heterocycles. The van der Waals surface area contributed by atoms with Crippen LogP contribution >= 0.6 is 15.9 Å². The predicted octanol–water partition coefficient (Wildman–Crippen LogP) is 4.39. The van der Waals surface area contributed by atoms with E-state index in [2.05, 4.69) is 15.9 Å². The molecular formula is C14H14BrF4NO. The Hall–Kier alpha value is -1.11. The van der Waals surface area contributed by atoms with Crippen molar-refractivity contribution in [3.63, 3.8) is 0 Å². The van der Waals surface area contributed by atoms with Gasteiger partial charge >= 0.3 is 6.18 Å². The van der Waals surface area contributed by atoms with Crippen LogP contribution in [0.3, 0.4) is 0 Å². The average Bonchev–Trinajstić information content (AvgIpc) is 3.20. The van der Waals surface area contributed by atoms with Crippen LogP contribution in [0.15, 0.2) is 22.7 Å². The molecule has 1 fully saturated rings. The Balaban J connectivity index is 2.14. The Bertz CT molecular complexity index is 528. The first-order chi connectivity index (χ1) is 9.78. The lowest BCUT2D eigenvalue weighted by atomic mass is 10.1. The van der Waals surface area contributed by atoms with Crippen molar-refractivity contribution in [3.05, 3.63) is 34.1 Å². The summed E-state index contributed by atoms with van der Waals surface area (Å²) in [6.07, 6.45) is -3.62. The standard InChI is InChI=1S/C14H14BrF4NO/c15-11-3-1-2-10(12(11)16)13(21)20(8-9-4-5-9)7-6-14(17,18)19/h1-3,9H,4-8H2. The maximum Gasteiger partial charge on any atom is 0.390 e. The van der Waals surface area contributed by atoms with Crippen molar-refractivity contribution in [1.82, 2.24) is 4.90 Å². The van der Waals surface area contributed by atoms with E-state index < -0.39 is 30.9 Å². The minimum absolute atomic E-state index is 0.121. The molecule has 1 aliphatic carbocycles. The van der Waals surface area contributed by atoms with Gasteiger partial charge in [0.1, 0.15) is 5.82 Å². The maximum atomic E-state index is 13.9. The summed E-state index contributed by atoms with van der Waals surface area (Å²) in [6, 6.07) is 4.21. The van der Waals surface area contributed by atoms with Gasteiger partial charge in [-0.05, 0) is 46.8 Å². The van der Waals surface area contributed by atoms with E-state index in [1.54, 1.807) is 0 Å². The van der Waals surface area contributed by atoms with Crippen LogP contribution in [0.2, 0.25) is 0 Å². The summed E-state index contributed by atoms with van der Waals surface area (Å²) in [4.78, 5) is 13.4. The molecule has 0 radical (unpaired) electrons. The number of rotatable bonds is 5. The molecule has 0 aliphatic heterocycles. The fourth-order valence-corrected chi connectivity index (χ4v) is 2.36. The van der Waals surface area contributed by atoms with Crippen molar-refractivity contribution in [2.24, 2.45) is 5.92 Å². The van der Waals surface area contributed by atoms with Crippen LogP contribution in [0.4, 0.5) is 17.6 Å². The Labute approximate surface area is 128 Å². The molecule has 1 aliphatic rings. The molecule has 0 bridgehead atoms. The van der Waals surface area contributed by atoms with Gasteiger partial charge in [-0.15, -0.1) is 0 Å². The van der Waals surface area contributed by atoms with Crippen LogP contribution < -0.4 is 0 Å². The number of nitrogens with zero attached hydrogens (tertiary/aromatic N) is 1. The van der Waals surface area contributed by atoms with E-state index in [1.807, 2.05) is 0 Å². The monoisotopic (exact) mass is 367 g/mol. The lowest BCUT2D eigenvalue weighted by molar-refractivity contribution is -0.136. The van der Waals surface area contributed by atoms with E-state index >= 15 is 0 Å². The number of carbonyl (C=O) groups excluding carboxylic acids is 1. The third-order valence-corrected chi connectivity index (χ3v) is 3.92. The van der Waals surface area contributed by atoms with Crippen molar-refractivity contribution in [2.45, 2.75) is 25.4 Å². The van der Waals surface area contributed by atoms with Crippen LogP contribution in [0.5, 0.6) is 0 Å². The second kappa shape index (κ2) is 6.34. The van der Waals surface area contributed by atoms with Gasteiger partial charge in [-0.2, -0.15) is 13.2 Å². The molecule has 0 N–H and O–H groups in total. The van der Waals surface area contributed by atoms with Crippen LogP contribution in [-0.2, 0) is 0 Å². The number of hydrogen-bond donors (Lipinski definition) is 0. The molecule has 1 amide bonds. The van der Waals surface area contributed by atoms with E-state index in [-0.39, 0.29) is 22.5 Å². The first-order valence-corrected chi connectivity index (χ1v) is 7.37. The van der Waals surface area contributed by atoms with Gasteiger partial charge in [0, 0.05) is 13.1 Å². The van der Waals surface area contributed by atoms with Crippen LogP contribution in [0.1, 0.15) is 29.6 Å². The summed E-state index contributed by atoms with van der Waals surface area (Å²) in [7, 11) is 0. The molecule has 1 aromatic rings. The highest BCUT2D eigenvalue weighted by Crippen LogP contribution is 2.31. The average molecular weight is 368 g/mol. The van der Waals surface area contributed by atoms with Gasteiger partial charge in [0.05, 0.1) is 16.5 Å². The van der Waals surface area contributed by atoms with E-state index in [9.17, 15) is 22.4 Å². The maximum absolute atomic E-state index is 13.9. The van der Waals surface area contributed by atoms with E-state index in [1.165, 1.54) is 18.2 Å². The predicted molar refractivity (Wildman–Crippen MR) is 73.4 cm³/mol. The summed E-state index contributed by atoms with van der Waals surface area (Å²) >= 11 is 2.97. The first kappa shape index (κ1) is 16.3. The van der Waals surface area contributed by atoms with Gasteiger partial charge in [-0.1, -0.05) is 6.07 Å². The van der Waals surface area contributed by atoms with Gasteiger partial charge in [0.2, 0.25) is 0 Å². The molecule has 2 nitrogen and oxygen atoms in total. The fraction of sp³-hybridized carbons (Fsp3) is 0.500. The Morgan fingerprint density at radius 2 is 2.00 bits per heavy atom. The quantitative estimate of drug-likeness (QED) is 0.706. The van der Waals surface area contributed by atoms with Gasteiger partial charge < -0.3 is 4.90 Å². The molecule has 1 aromatic carbocycles. The summed E-state index contributed by atoms with van der Waals surface area (Å²) in [6.45, 7) is -0.189. The van der Waals surface area contributed by atoms with Gasteiger partial charge in [0.15, 0.2) is 0 Å². The Morgan fingerprint density at radius 3 is 2.57 bits per heavy atom. The molecule has 0 atom stereocenters. The molecule has 0 heterocycles. The first-order valence-electron chi connectivity index (χ1n) is 6.58. The van der Waals surface area contributed by atoms with E-state index in [4.69, 9.17) is 0 Å². The van der Waals surface area contributed by atoms with Crippen molar-refractivity contribution in [3.8, 4) is 0 Å². The van der Waals surface area contributed by atoms with Gasteiger partial charge in [-0.3, -0.25) is 4.79 Å². The molecular weight excluding hydrogens is 354 g/mol. The molecule has 21 heavy (non-hydrogen) atoms. The van der Waals surface area contributed by atoms with Crippen molar-refractivity contribution in [2.75, 3.05) is 13.1 Å². The highest BCUT2D eigenvalue weighted by molar-refractivity contribution is 9.10. The Kier molecular flexibility index (Phi) is 4.91. The molecule has 0 unspecified atom stereocenters. The zero-order chi connectivity index (χ0) is 15.6. The number of hydrogen-bond acceptors (Lipinski definition) is 1. The normalized spacial score (nSPS) is 15.1. The molecule has 2 rings (SSSR count). The van der Waals surface area contributed by atoms with Crippen molar-refractivity contribution in [1.29, 1.82) is 0 Å². The van der Waals surface area contributed by atoms with Crippen LogP contribution in [0.25, 0.3) is 0 Å². The van der Waals surface area contributed by atoms with Crippen molar-refractivity contribution < 1.29 is 22.4 Å². The highest BCUT2D eigenvalue weighted by atomic mass is 79.9. The number of carbonyl (C=O) groups is 1. The summed E-state index contributed by atoms with van der Waals surface area (Å²) in [5.41, 5.74) is -0.202. The van der Waals surface area contributed by atoms with Gasteiger partial charge in [0.25, 0.3) is 5.91 Å². The minimum atomic E-state index is -4.34. The third-order valence-electron chi connectivity index (χ3n) is 3.31. The fourth-order valence-electron chi connectivity index (χ4n) is 1.99.